The van der Waals surface area contributed by atoms with Crippen LogP contribution in [0.2, 0.25) is 0 Å². The molecule has 0 atom stereocenters. The maximum atomic E-state index is 12.8. The van der Waals surface area contributed by atoms with Gasteiger partial charge in [-0.15, -0.1) is 0 Å². The smallest absolute Gasteiger partial charge is 0.243 e. The average molecular weight is 264 g/mol. The van der Waals surface area contributed by atoms with Crippen LogP contribution in [0, 0.1) is 16.7 Å². The molecule has 0 aliphatic heterocycles. The molecule has 1 N–H and O–H groups in total. The van der Waals surface area contributed by atoms with Crippen molar-refractivity contribution in [2.24, 2.45) is 5.41 Å². The minimum absolute atomic E-state index is 0.0350. The van der Waals surface area contributed by atoms with Crippen molar-refractivity contribution in [3.05, 3.63) is 0 Å². The van der Waals surface area contributed by atoms with Gasteiger partial charge in [-0.25, -0.2) is 0 Å². The zero-order valence-electron chi connectivity index (χ0n) is 11.6. The molecule has 0 aromatic carbocycles. The lowest BCUT2D eigenvalue weighted by Crippen LogP contribution is -2.51. The van der Waals surface area contributed by atoms with E-state index in [0.717, 1.165) is 32.1 Å². The molecule has 2 saturated carbocycles. The minimum atomic E-state index is -0.775. The van der Waals surface area contributed by atoms with Crippen LogP contribution < -0.4 is 0 Å². The van der Waals surface area contributed by atoms with E-state index in [4.69, 9.17) is 5.11 Å². The van der Waals surface area contributed by atoms with Crippen molar-refractivity contribution in [2.75, 3.05) is 13.2 Å². The van der Waals surface area contributed by atoms with Gasteiger partial charge in [0.1, 0.15) is 5.41 Å². The molecule has 0 aromatic rings. The molecule has 106 valence electrons. The molecule has 2 aliphatic carbocycles. The van der Waals surface area contributed by atoms with Crippen molar-refractivity contribution < 1.29 is 9.90 Å². The Kier molecular flexibility index (Phi) is 4.81. The predicted octanol–water partition coefficient (Wildman–Crippen LogP) is 2.22. The summed E-state index contributed by atoms with van der Waals surface area (Å²) in [4.78, 5) is 14.7. The molecule has 0 spiro atoms. The average Bonchev–Trinajstić information content (AvgIpc) is 2.41. The van der Waals surface area contributed by atoms with E-state index in [0.29, 0.717) is 31.8 Å². The van der Waals surface area contributed by atoms with Crippen molar-refractivity contribution in [1.82, 2.24) is 4.90 Å². The largest absolute Gasteiger partial charge is 0.396 e. The fourth-order valence-electron chi connectivity index (χ4n) is 3.19. The predicted molar refractivity (Wildman–Crippen MR) is 72.2 cm³/mol. The van der Waals surface area contributed by atoms with Crippen LogP contribution in [0.15, 0.2) is 0 Å². The van der Waals surface area contributed by atoms with Crippen LogP contribution in [0.5, 0.6) is 0 Å². The lowest BCUT2D eigenvalue weighted by molar-refractivity contribution is -0.145. The van der Waals surface area contributed by atoms with Crippen LogP contribution in [-0.2, 0) is 4.79 Å². The number of carbonyl (C=O) groups excluding carboxylic acids is 1. The second kappa shape index (κ2) is 6.38. The maximum absolute atomic E-state index is 12.8. The van der Waals surface area contributed by atoms with Gasteiger partial charge in [-0.3, -0.25) is 4.79 Å². The Morgan fingerprint density at radius 1 is 1.26 bits per heavy atom. The number of nitriles is 1. The van der Waals surface area contributed by atoms with Crippen LogP contribution in [0.3, 0.4) is 0 Å². The normalized spacial score (nSPS) is 22.3. The van der Waals surface area contributed by atoms with E-state index in [1.54, 1.807) is 0 Å². The Morgan fingerprint density at radius 2 is 1.95 bits per heavy atom. The topological polar surface area (TPSA) is 64.3 Å². The third-order valence-corrected chi connectivity index (χ3v) is 4.66. The molecular weight excluding hydrogens is 240 g/mol. The number of rotatable bonds is 5. The maximum Gasteiger partial charge on any atom is 0.243 e. The highest BCUT2D eigenvalue weighted by Crippen LogP contribution is 2.39. The summed E-state index contributed by atoms with van der Waals surface area (Å²) in [6.45, 7) is 0.708. The van der Waals surface area contributed by atoms with Gasteiger partial charge >= 0.3 is 0 Å². The number of aliphatic hydroxyl groups excluding tert-OH is 1. The van der Waals surface area contributed by atoms with E-state index in [-0.39, 0.29) is 12.5 Å². The van der Waals surface area contributed by atoms with Gasteiger partial charge in [0, 0.05) is 19.2 Å². The molecule has 2 rings (SSSR count). The summed E-state index contributed by atoms with van der Waals surface area (Å²) < 4.78 is 0. The van der Waals surface area contributed by atoms with Crippen LogP contribution in [0.1, 0.15) is 57.8 Å². The number of carbonyl (C=O) groups is 1. The van der Waals surface area contributed by atoms with Gasteiger partial charge in [-0.05, 0) is 38.5 Å². The molecule has 4 heteroatoms. The third-order valence-electron chi connectivity index (χ3n) is 4.66. The molecule has 2 aliphatic rings. The molecule has 0 saturated heterocycles. The Bertz CT molecular complexity index is 352. The minimum Gasteiger partial charge on any atom is -0.396 e. The highest BCUT2D eigenvalue weighted by atomic mass is 16.3. The first-order chi connectivity index (χ1) is 9.23. The second-order valence-corrected chi connectivity index (χ2v) is 5.92. The van der Waals surface area contributed by atoms with Crippen molar-refractivity contribution >= 4 is 5.91 Å². The van der Waals surface area contributed by atoms with E-state index in [9.17, 15) is 10.1 Å². The lowest BCUT2D eigenvalue weighted by Gasteiger charge is -2.42. The number of aliphatic hydroxyl groups is 1. The van der Waals surface area contributed by atoms with E-state index in [1.165, 1.54) is 6.42 Å². The van der Waals surface area contributed by atoms with Crippen molar-refractivity contribution in [2.45, 2.75) is 63.8 Å². The standard InChI is InChI=1S/C15H24N2O2/c16-12-15(8-2-1-3-9-15)14(19)17(10-5-11-18)13-6-4-7-13/h13,18H,1-11H2. The first-order valence-electron chi connectivity index (χ1n) is 7.57. The summed E-state index contributed by atoms with van der Waals surface area (Å²) in [5.74, 6) is 0.0350. The van der Waals surface area contributed by atoms with E-state index in [2.05, 4.69) is 6.07 Å². The summed E-state index contributed by atoms with van der Waals surface area (Å²) in [6, 6.07) is 2.63. The summed E-state index contributed by atoms with van der Waals surface area (Å²) in [5.41, 5.74) is -0.775. The SMILES string of the molecule is N#CC1(C(=O)N(CCCO)C2CCC2)CCCCC1. The van der Waals surface area contributed by atoms with Crippen LogP contribution >= 0.6 is 0 Å². The van der Waals surface area contributed by atoms with E-state index >= 15 is 0 Å². The molecule has 0 aromatic heterocycles. The van der Waals surface area contributed by atoms with Crippen LogP contribution in [0.25, 0.3) is 0 Å². The zero-order chi connectivity index (χ0) is 13.7. The molecule has 0 unspecified atom stereocenters. The first kappa shape index (κ1) is 14.3. The summed E-state index contributed by atoms with van der Waals surface area (Å²) in [5, 5.41) is 18.5. The van der Waals surface area contributed by atoms with E-state index in [1.807, 2.05) is 4.90 Å². The van der Waals surface area contributed by atoms with Crippen molar-refractivity contribution in [3.8, 4) is 6.07 Å². The number of nitrogens with zero attached hydrogens (tertiary/aromatic N) is 2. The number of hydrogen-bond donors (Lipinski definition) is 1. The molecular formula is C15H24N2O2. The van der Waals surface area contributed by atoms with Gasteiger partial charge in [0.15, 0.2) is 0 Å². The quantitative estimate of drug-likeness (QED) is 0.828. The Labute approximate surface area is 115 Å². The van der Waals surface area contributed by atoms with E-state index < -0.39 is 5.41 Å². The lowest BCUT2D eigenvalue weighted by atomic mass is 9.73. The van der Waals surface area contributed by atoms with Crippen LogP contribution in [0.4, 0.5) is 0 Å². The molecule has 0 radical (unpaired) electrons. The number of amides is 1. The van der Waals surface area contributed by atoms with Crippen molar-refractivity contribution in [3.63, 3.8) is 0 Å². The fraction of sp³-hybridized carbons (Fsp3) is 0.867. The van der Waals surface area contributed by atoms with Gasteiger partial charge in [0.05, 0.1) is 6.07 Å². The molecule has 4 nitrogen and oxygen atoms in total. The number of hydrogen-bond acceptors (Lipinski definition) is 3. The van der Waals surface area contributed by atoms with Gasteiger partial charge in [0.25, 0.3) is 0 Å². The summed E-state index contributed by atoms with van der Waals surface area (Å²) in [6.07, 6.45) is 8.43. The molecule has 0 bridgehead atoms. The monoisotopic (exact) mass is 264 g/mol. The Hall–Kier alpha value is -1.08. The van der Waals surface area contributed by atoms with Gasteiger partial charge in [-0.2, -0.15) is 5.26 Å². The highest BCUT2D eigenvalue weighted by Gasteiger charge is 2.44. The molecule has 19 heavy (non-hydrogen) atoms. The summed E-state index contributed by atoms with van der Waals surface area (Å²) >= 11 is 0. The molecule has 1 amide bonds. The Balaban J connectivity index is 2.10. The molecule has 2 fully saturated rings. The van der Waals surface area contributed by atoms with Gasteiger partial charge in [-0.1, -0.05) is 19.3 Å². The second-order valence-electron chi connectivity index (χ2n) is 5.92. The third kappa shape index (κ3) is 2.92. The van der Waals surface area contributed by atoms with Crippen LogP contribution in [-0.4, -0.2) is 35.1 Å². The molecule has 0 heterocycles. The Morgan fingerprint density at radius 3 is 2.42 bits per heavy atom. The van der Waals surface area contributed by atoms with Gasteiger partial charge in [0.2, 0.25) is 5.91 Å². The summed E-state index contributed by atoms with van der Waals surface area (Å²) in [7, 11) is 0. The first-order valence-corrected chi connectivity index (χ1v) is 7.57. The zero-order valence-corrected chi connectivity index (χ0v) is 11.6. The van der Waals surface area contributed by atoms with Crippen molar-refractivity contribution in [1.29, 1.82) is 5.26 Å². The fourth-order valence-corrected chi connectivity index (χ4v) is 3.19. The highest BCUT2D eigenvalue weighted by molar-refractivity contribution is 5.86. The van der Waals surface area contributed by atoms with Gasteiger partial charge < -0.3 is 10.0 Å².